The maximum absolute atomic E-state index is 11.1. The fraction of sp³-hybridized carbons (Fsp3) is 0.238. The van der Waals surface area contributed by atoms with Gasteiger partial charge < -0.3 is 9.67 Å². The number of aromatic nitrogens is 2. The maximum Gasteiger partial charge on any atom is 0.335 e. The van der Waals surface area contributed by atoms with E-state index < -0.39 is 5.97 Å². The van der Waals surface area contributed by atoms with Crippen molar-refractivity contribution in [2.75, 3.05) is 0 Å². The monoisotopic (exact) mass is 402 g/mol. The number of aryl methyl sites for hydroxylation is 3. The highest BCUT2D eigenvalue weighted by molar-refractivity contribution is 7.99. The highest BCUT2D eigenvalue weighted by Crippen LogP contribution is 2.40. The second kappa shape index (κ2) is 9.11. The van der Waals surface area contributed by atoms with Crippen LogP contribution in [0.15, 0.2) is 60.0 Å². The first-order chi connectivity index (χ1) is 12.4. The van der Waals surface area contributed by atoms with E-state index >= 15 is 0 Å². The molecule has 3 rings (SSSR count). The van der Waals surface area contributed by atoms with E-state index in [2.05, 4.69) is 42.5 Å². The van der Waals surface area contributed by atoms with Crippen LogP contribution < -0.4 is 0 Å². The van der Waals surface area contributed by atoms with Gasteiger partial charge in [-0.25, -0.2) is 9.78 Å². The van der Waals surface area contributed by atoms with Crippen LogP contribution in [0.4, 0.5) is 0 Å². The molecule has 0 saturated heterocycles. The second-order valence-electron chi connectivity index (χ2n) is 6.51. The lowest BCUT2D eigenvalue weighted by atomic mass is 9.97. The molecule has 1 atom stereocenters. The fourth-order valence-corrected chi connectivity index (χ4v) is 4.67. The lowest BCUT2D eigenvalue weighted by Gasteiger charge is -2.22. The van der Waals surface area contributed by atoms with Gasteiger partial charge in [0.1, 0.15) is 0 Å². The summed E-state index contributed by atoms with van der Waals surface area (Å²) < 4.78 is 2.09. The number of hydrogen-bond acceptors (Lipinski definition) is 3. The third-order valence-corrected chi connectivity index (χ3v) is 5.59. The van der Waals surface area contributed by atoms with Gasteiger partial charge in [-0.3, -0.25) is 0 Å². The molecule has 27 heavy (non-hydrogen) atoms. The van der Waals surface area contributed by atoms with Crippen molar-refractivity contribution in [1.82, 2.24) is 9.55 Å². The van der Waals surface area contributed by atoms with E-state index in [1.807, 2.05) is 24.7 Å². The molecule has 1 aromatic heterocycles. The molecule has 6 heteroatoms. The molecular weight excluding hydrogens is 380 g/mol. The summed E-state index contributed by atoms with van der Waals surface area (Å²) in [6.07, 6.45) is 5.60. The standard InChI is InChI=1S/C21H22N2O2S.ClH/c1-14-10-15(2)20(16(3)11-14)19(12-23-9-8-22-13-23)26-18-6-4-17(5-7-18)21(24)25;/h4-11,13,19H,12H2,1-3H3,(H,24,25);1H. The van der Waals surface area contributed by atoms with Gasteiger partial charge in [0.15, 0.2) is 0 Å². The predicted octanol–water partition coefficient (Wildman–Crippen LogP) is 5.46. The Balaban J connectivity index is 0.00000261. The highest BCUT2D eigenvalue weighted by atomic mass is 35.5. The number of carboxylic acid groups (broad SMARTS) is 1. The van der Waals surface area contributed by atoms with Crippen molar-refractivity contribution < 1.29 is 9.90 Å². The van der Waals surface area contributed by atoms with Gasteiger partial charge in [-0.05, 0) is 61.7 Å². The van der Waals surface area contributed by atoms with Crippen molar-refractivity contribution in [3.63, 3.8) is 0 Å². The number of thioether (sulfide) groups is 1. The van der Waals surface area contributed by atoms with E-state index in [-0.39, 0.29) is 17.7 Å². The molecule has 0 fully saturated rings. The van der Waals surface area contributed by atoms with Crippen LogP contribution in [0.3, 0.4) is 0 Å². The molecule has 2 aromatic carbocycles. The molecule has 0 spiro atoms. The van der Waals surface area contributed by atoms with Crippen molar-refractivity contribution in [3.8, 4) is 0 Å². The van der Waals surface area contributed by atoms with E-state index in [9.17, 15) is 4.79 Å². The average Bonchev–Trinajstić information content (AvgIpc) is 3.07. The third kappa shape index (κ3) is 5.15. The van der Waals surface area contributed by atoms with Gasteiger partial charge in [-0.1, -0.05) is 17.7 Å². The van der Waals surface area contributed by atoms with Gasteiger partial charge in [0.05, 0.1) is 17.1 Å². The fourth-order valence-electron chi connectivity index (χ4n) is 3.31. The molecule has 142 valence electrons. The number of carboxylic acids is 1. The molecule has 1 N–H and O–H groups in total. The minimum absolute atomic E-state index is 0. The van der Waals surface area contributed by atoms with E-state index in [1.54, 1.807) is 30.1 Å². The largest absolute Gasteiger partial charge is 0.478 e. The van der Waals surface area contributed by atoms with Crippen LogP contribution in [0.25, 0.3) is 0 Å². The van der Waals surface area contributed by atoms with Crippen LogP contribution in [0.2, 0.25) is 0 Å². The summed E-state index contributed by atoms with van der Waals surface area (Å²) in [5.41, 5.74) is 5.46. The van der Waals surface area contributed by atoms with Crippen LogP contribution >= 0.6 is 24.2 Å². The Bertz CT molecular complexity index is 885. The molecule has 0 aliphatic heterocycles. The van der Waals surface area contributed by atoms with Crippen molar-refractivity contribution in [1.29, 1.82) is 0 Å². The number of aromatic carboxylic acids is 1. The molecule has 0 bridgehead atoms. The van der Waals surface area contributed by atoms with Gasteiger partial charge >= 0.3 is 5.97 Å². The summed E-state index contributed by atoms with van der Waals surface area (Å²) in [5.74, 6) is -0.901. The Hall–Kier alpha value is -2.24. The van der Waals surface area contributed by atoms with Crippen LogP contribution in [0.1, 0.15) is 37.9 Å². The third-order valence-electron chi connectivity index (χ3n) is 4.38. The lowest BCUT2D eigenvalue weighted by molar-refractivity contribution is 0.0697. The molecule has 0 amide bonds. The Morgan fingerprint density at radius 1 is 1.15 bits per heavy atom. The zero-order chi connectivity index (χ0) is 18.7. The predicted molar refractivity (Wildman–Crippen MR) is 112 cm³/mol. The van der Waals surface area contributed by atoms with Crippen LogP contribution in [-0.2, 0) is 6.54 Å². The van der Waals surface area contributed by atoms with E-state index in [1.165, 1.54) is 22.3 Å². The molecule has 4 nitrogen and oxygen atoms in total. The Labute approximate surface area is 170 Å². The molecule has 0 radical (unpaired) electrons. The number of nitrogens with zero attached hydrogens (tertiary/aromatic N) is 2. The van der Waals surface area contributed by atoms with Crippen molar-refractivity contribution in [3.05, 3.63) is 82.9 Å². The highest BCUT2D eigenvalue weighted by Gasteiger charge is 2.19. The summed E-state index contributed by atoms with van der Waals surface area (Å²) in [4.78, 5) is 16.3. The van der Waals surface area contributed by atoms with Crippen molar-refractivity contribution >= 4 is 30.1 Å². The first-order valence-corrected chi connectivity index (χ1v) is 9.35. The molecule has 3 aromatic rings. The normalized spacial score (nSPS) is 11.7. The summed E-state index contributed by atoms with van der Waals surface area (Å²) in [6, 6.07) is 11.5. The van der Waals surface area contributed by atoms with Gasteiger partial charge in [-0.2, -0.15) is 0 Å². The summed E-state index contributed by atoms with van der Waals surface area (Å²) in [5, 5.41) is 9.30. The zero-order valence-corrected chi connectivity index (χ0v) is 17.2. The molecule has 1 heterocycles. The van der Waals surface area contributed by atoms with Gasteiger partial charge in [-0.15, -0.1) is 24.2 Å². The second-order valence-corrected chi connectivity index (χ2v) is 7.78. The van der Waals surface area contributed by atoms with E-state index in [4.69, 9.17) is 5.11 Å². The Morgan fingerprint density at radius 3 is 2.30 bits per heavy atom. The van der Waals surface area contributed by atoms with E-state index in [0.717, 1.165) is 11.4 Å². The quantitative estimate of drug-likeness (QED) is 0.556. The smallest absolute Gasteiger partial charge is 0.335 e. The average molecular weight is 403 g/mol. The zero-order valence-electron chi connectivity index (χ0n) is 15.5. The first kappa shape index (κ1) is 21.1. The summed E-state index contributed by atoms with van der Waals surface area (Å²) in [6.45, 7) is 7.23. The topological polar surface area (TPSA) is 55.1 Å². The molecule has 1 unspecified atom stereocenters. The maximum atomic E-state index is 11.1. The number of imidazole rings is 1. The van der Waals surface area contributed by atoms with Crippen LogP contribution in [0.5, 0.6) is 0 Å². The number of rotatable bonds is 6. The number of hydrogen-bond donors (Lipinski definition) is 1. The van der Waals surface area contributed by atoms with Gasteiger partial charge in [0.2, 0.25) is 0 Å². The lowest BCUT2D eigenvalue weighted by Crippen LogP contribution is -2.08. The molecular formula is C21H23ClN2O2S. The Kier molecular flexibility index (Phi) is 7.11. The van der Waals surface area contributed by atoms with Crippen LogP contribution in [0, 0.1) is 20.8 Å². The molecule has 0 aliphatic carbocycles. The van der Waals surface area contributed by atoms with Crippen molar-refractivity contribution in [2.45, 2.75) is 37.5 Å². The minimum atomic E-state index is -0.901. The van der Waals surface area contributed by atoms with Crippen molar-refractivity contribution in [2.24, 2.45) is 0 Å². The van der Waals surface area contributed by atoms with E-state index in [0.29, 0.717) is 5.56 Å². The molecule has 0 saturated carbocycles. The number of halogens is 1. The summed E-state index contributed by atoms with van der Waals surface area (Å²) >= 11 is 1.75. The minimum Gasteiger partial charge on any atom is -0.478 e. The SMILES string of the molecule is Cc1cc(C)c(C(Cn2ccnc2)Sc2ccc(C(=O)O)cc2)c(C)c1.Cl. The van der Waals surface area contributed by atoms with Gasteiger partial charge in [0.25, 0.3) is 0 Å². The number of carbonyl (C=O) groups is 1. The van der Waals surface area contributed by atoms with Gasteiger partial charge in [0, 0.05) is 23.8 Å². The summed E-state index contributed by atoms with van der Waals surface area (Å²) in [7, 11) is 0. The molecule has 0 aliphatic rings. The van der Waals surface area contributed by atoms with Crippen LogP contribution in [-0.4, -0.2) is 20.6 Å². The first-order valence-electron chi connectivity index (χ1n) is 8.47. The Morgan fingerprint density at radius 2 is 1.78 bits per heavy atom. The number of benzene rings is 2.